The lowest BCUT2D eigenvalue weighted by Crippen LogP contribution is -2.60. The van der Waals surface area contributed by atoms with Gasteiger partial charge >= 0.3 is 0 Å². The predicted molar refractivity (Wildman–Crippen MR) is 107 cm³/mol. The van der Waals surface area contributed by atoms with Crippen LogP contribution in [0.3, 0.4) is 0 Å². The van der Waals surface area contributed by atoms with Gasteiger partial charge in [0.2, 0.25) is 0 Å². The number of allylic oxidation sites excluding steroid dienone is 1. The summed E-state index contributed by atoms with van der Waals surface area (Å²) < 4.78 is 5.39. The number of hydrogen-bond donors (Lipinski definition) is 2. The first kappa shape index (κ1) is 17.4. The van der Waals surface area contributed by atoms with Crippen LogP contribution in [0, 0.1) is 22.7 Å². The van der Waals surface area contributed by atoms with Crippen molar-refractivity contribution >= 4 is 12.6 Å². The Balaban J connectivity index is 1.52. The van der Waals surface area contributed by atoms with Crippen LogP contribution in [-0.4, -0.2) is 16.0 Å². The van der Waals surface area contributed by atoms with E-state index in [-0.39, 0.29) is 10.8 Å². The lowest BCUT2D eigenvalue weighted by molar-refractivity contribution is -0.177. The van der Waals surface area contributed by atoms with E-state index >= 15 is 0 Å². The average Bonchev–Trinajstić information content (AvgIpc) is 3.21. The minimum absolute atomic E-state index is 0.0175. The largest absolute Gasteiger partial charge is 0.472 e. The van der Waals surface area contributed by atoms with E-state index in [0.29, 0.717) is 23.0 Å². The summed E-state index contributed by atoms with van der Waals surface area (Å²) in [6.45, 7) is 4.86. The highest BCUT2D eigenvalue weighted by Crippen LogP contribution is 2.70. The van der Waals surface area contributed by atoms with Crippen LogP contribution >= 0.6 is 12.6 Å². The number of furan rings is 1. The van der Waals surface area contributed by atoms with E-state index in [0.717, 1.165) is 32.1 Å². The Morgan fingerprint density at radius 2 is 1.92 bits per heavy atom. The van der Waals surface area contributed by atoms with Crippen molar-refractivity contribution in [1.82, 2.24) is 0 Å². The summed E-state index contributed by atoms with van der Waals surface area (Å²) in [5.41, 5.74) is 2.68. The average molecular weight is 373 g/mol. The summed E-state index contributed by atoms with van der Waals surface area (Å²) in [6, 6.07) is 2.12. The topological polar surface area (TPSA) is 33.4 Å². The molecule has 3 saturated carbocycles. The van der Waals surface area contributed by atoms with Gasteiger partial charge in [0.1, 0.15) is 0 Å². The van der Waals surface area contributed by atoms with Crippen molar-refractivity contribution in [2.24, 2.45) is 22.7 Å². The SMILES string of the molecule is C[C@]12CC[C@H](S)C=C1CC[C@@H]1[C@@H]2CC[C@]2(C)[C@@H](c3ccoc3)CC[C@]12O. The lowest BCUT2D eigenvalue weighted by atomic mass is 9.45. The van der Waals surface area contributed by atoms with Gasteiger partial charge < -0.3 is 9.52 Å². The van der Waals surface area contributed by atoms with Crippen LogP contribution in [0.25, 0.3) is 0 Å². The van der Waals surface area contributed by atoms with Crippen molar-refractivity contribution in [2.45, 2.75) is 82.0 Å². The maximum atomic E-state index is 12.1. The molecule has 5 rings (SSSR count). The van der Waals surface area contributed by atoms with Crippen molar-refractivity contribution < 1.29 is 9.52 Å². The van der Waals surface area contributed by atoms with E-state index in [1.54, 1.807) is 11.8 Å². The van der Waals surface area contributed by atoms with Crippen LogP contribution in [0.15, 0.2) is 34.7 Å². The Morgan fingerprint density at radius 1 is 1.08 bits per heavy atom. The fourth-order valence-electron chi connectivity index (χ4n) is 7.69. The Hall–Kier alpha value is -0.670. The van der Waals surface area contributed by atoms with Crippen molar-refractivity contribution in [3.05, 3.63) is 35.8 Å². The summed E-state index contributed by atoms with van der Waals surface area (Å²) in [5, 5.41) is 12.6. The van der Waals surface area contributed by atoms with Gasteiger partial charge in [0, 0.05) is 10.7 Å². The van der Waals surface area contributed by atoms with Crippen molar-refractivity contribution in [3.8, 4) is 0 Å². The molecule has 1 aromatic rings. The maximum Gasteiger partial charge on any atom is 0.0937 e. The summed E-state index contributed by atoms with van der Waals surface area (Å²) in [7, 11) is 0. The number of hydrogen-bond acceptors (Lipinski definition) is 3. The van der Waals surface area contributed by atoms with Crippen molar-refractivity contribution in [2.75, 3.05) is 0 Å². The second kappa shape index (κ2) is 5.67. The van der Waals surface area contributed by atoms with E-state index in [1.165, 1.54) is 24.8 Å². The van der Waals surface area contributed by atoms with Crippen LogP contribution in [0.4, 0.5) is 0 Å². The molecule has 2 nitrogen and oxygen atoms in total. The number of thiol groups is 1. The minimum atomic E-state index is -0.524. The summed E-state index contributed by atoms with van der Waals surface area (Å²) in [6.07, 6.45) is 15.3. The Bertz CT molecular complexity index is 725. The Labute approximate surface area is 162 Å². The maximum absolute atomic E-state index is 12.1. The molecule has 1 aromatic heterocycles. The highest BCUT2D eigenvalue weighted by Gasteiger charge is 2.66. The van der Waals surface area contributed by atoms with Gasteiger partial charge in [0.05, 0.1) is 18.1 Å². The van der Waals surface area contributed by atoms with Gasteiger partial charge in [-0.3, -0.25) is 0 Å². The number of rotatable bonds is 1. The lowest BCUT2D eigenvalue weighted by Gasteiger charge is -2.61. The third kappa shape index (κ3) is 2.11. The molecule has 1 heterocycles. The van der Waals surface area contributed by atoms with E-state index in [1.807, 2.05) is 6.26 Å². The predicted octanol–water partition coefficient (Wildman–Crippen LogP) is 5.74. The van der Waals surface area contributed by atoms with Crippen molar-refractivity contribution in [3.63, 3.8) is 0 Å². The van der Waals surface area contributed by atoms with Gasteiger partial charge in [-0.05, 0) is 86.2 Å². The summed E-state index contributed by atoms with van der Waals surface area (Å²) in [4.78, 5) is 0. The molecule has 0 bridgehead atoms. The summed E-state index contributed by atoms with van der Waals surface area (Å²) in [5.74, 6) is 1.51. The van der Waals surface area contributed by atoms with E-state index < -0.39 is 5.60 Å². The highest BCUT2D eigenvalue weighted by atomic mass is 32.1. The van der Waals surface area contributed by atoms with Crippen molar-refractivity contribution in [1.29, 1.82) is 0 Å². The normalized spacial score (nSPS) is 50.5. The first-order chi connectivity index (χ1) is 12.4. The van der Waals surface area contributed by atoms with Crippen LogP contribution < -0.4 is 0 Å². The number of aliphatic hydroxyl groups is 1. The summed E-state index contributed by atoms with van der Waals surface area (Å²) >= 11 is 4.73. The molecule has 0 aliphatic heterocycles. The number of fused-ring (bicyclic) bond motifs is 5. The van der Waals surface area contributed by atoms with E-state index in [4.69, 9.17) is 17.0 Å². The quantitative estimate of drug-likeness (QED) is 0.487. The van der Waals surface area contributed by atoms with Crippen LogP contribution in [0.1, 0.15) is 76.7 Å². The molecule has 0 radical (unpaired) electrons. The molecule has 142 valence electrons. The molecular formula is C23H32O2S. The first-order valence-electron chi connectivity index (χ1n) is 10.5. The molecule has 0 spiro atoms. The van der Waals surface area contributed by atoms with Gasteiger partial charge in [0.25, 0.3) is 0 Å². The molecule has 4 aliphatic rings. The fourth-order valence-corrected chi connectivity index (χ4v) is 8.00. The Kier molecular flexibility index (Phi) is 3.80. The zero-order valence-corrected chi connectivity index (χ0v) is 17.0. The zero-order valence-electron chi connectivity index (χ0n) is 16.1. The highest BCUT2D eigenvalue weighted by molar-refractivity contribution is 7.81. The molecule has 7 atom stereocenters. The third-order valence-electron chi connectivity index (χ3n) is 9.22. The van der Waals surface area contributed by atoms with E-state index in [9.17, 15) is 5.11 Å². The van der Waals surface area contributed by atoms with Gasteiger partial charge in [-0.15, -0.1) is 0 Å². The molecule has 1 N–H and O–H groups in total. The van der Waals surface area contributed by atoms with Crippen LogP contribution in [0.2, 0.25) is 0 Å². The van der Waals surface area contributed by atoms with Gasteiger partial charge in [-0.25, -0.2) is 0 Å². The molecule has 3 heteroatoms. The Morgan fingerprint density at radius 3 is 2.69 bits per heavy atom. The van der Waals surface area contributed by atoms with Gasteiger partial charge in [-0.1, -0.05) is 25.5 Å². The van der Waals surface area contributed by atoms with E-state index in [2.05, 4.69) is 26.0 Å². The van der Waals surface area contributed by atoms with Crippen LogP contribution in [-0.2, 0) is 0 Å². The fraction of sp³-hybridized carbons (Fsp3) is 0.739. The van der Waals surface area contributed by atoms with Gasteiger partial charge in [0.15, 0.2) is 0 Å². The molecule has 0 aromatic carbocycles. The monoisotopic (exact) mass is 372 g/mol. The third-order valence-corrected chi connectivity index (χ3v) is 9.63. The smallest absolute Gasteiger partial charge is 0.0937 e. The molecule has 0 amide bonds. The molecule has 3 fully saturated rings. The van der Waals surface area contributed by atoms with Crippen LogP contribution in [0.5, 0.6) is 0 Å². The molecule has 26 heavy (non-hydrogen) atoms. The second-order valence-electron chi connectivity index (χ2n) is 10.00. The molecule has 0 saturated heterocycles. The standard InChI is InChI=1S/C23H32O2S/c1-21-9-5-17(26)13-16(21)3-4-20-19(21)6-10-22(2)18(7-11-23(20,22)24)15-8-12-25-14-15/h8,12-14,17-20,24,26H,3-7,9-11H2,1-2H3/t17-,18+,19-,20+,21-,22+,23-/m0/s1. The first-order valence-corrected chi connectivity index (χ1v) is 11.0. The molecular weight excluding hydrogens is 340 g/mol. The zero-order chi connectivity index (χ0) is 18.2. The van der Waals surface area contributed by atoms with Gasteiger partial charge in [-0.2, -0.15) is 12.6 Å². The minimum Gasteiger partial charge on any atom is -0.472 e. The molecule has 0 unspecified atom stereocenters. The second-order valence-corrected chi connectivity index (χ2v) is 10.7. The molecule has 4 aliphatic carbocycles.